The van der Waals surface area contributed by atoms with Gasteiger partial charge in [0.1, 0.15) is 26.4 Å². The van der Waals surface area contributed by atoms with Gasteiger partial charge in [-0.05, 0) is 0 Å². The van der Waals surface area contributed by atoms with Crippen LogP contribution in [0.4, 0.5) is 0 Å². The third-order valence-electron chi connectivity index (χ3n) is 1.51. The van der Waals surface area contributed by atoms with Crippen molar-refractivity contribution in [2.75, 3.05) is 53.9 Å². The second-order valence-corrected chi connectivity index (χ2v) is 2.92. The van der Waals surface area contributed by atoms with E-state index < -0.39 is 11.9 Å². The molecule has 0 atom stereocenters. The van der Waals surface area contributed by atoms with Crippen LogP contribution in [0.5, 0.6) is 0 Å². The minimum absolute atomic E-state index is 0. The first-order valence-electron chi connectivity index (χ1n) is 5.07. The smallest absolute Gasteiger partial charge is 0.332 e. The zero-order valence-corrected chi connectivity index (χ0v) is 10.1. The normalized spacial score (nSPS) is 9.44. The van der Waals surface area contributed by atoms with Gasteiger partial charge in [-0.2, -0.15) is 0 Å². The summed E-state index contributed by atoms with van der Waals surface area (Å²) in [6, 6.07) is 0. The van der Waals surface area contributed by atoms with Gasteiger partial charge >= 0.3 is 11.9 Å². The fraction of sp³-hybridized carbons (Fsp3) is 0.818. The molecule has 0 saturated heterocycles. The molecule has 0 heterocycles. The van der Waals surface area contributed by atoms with E-state index in [1.807, 2.05) is 0 Å². The predicted octanol–water partition coefficient (Wildman–Crippen LogP) is 0.0183. The van der Waals surface area contributed by atoms with Crippen LogP contribution in [0.2, 0.25) is 0 Å². The molecule has 0 rings (SSSR count). The van der Waals surface area contributed by atoms with E-state index in [1.54, 1.807) is 0 Å². The van der Waals surface area contributed by atoms with Crippen molar-refractivity contribution in [3.05, 3.63) is 0 Å². The fourth-order valence-electron chi connectivity index (χ4n) is 0.850. The summed E-state index contributed by atoms with van der Waals surface area (Å²) < 4.78 is 23.6. The molecule has 0 saturated carbocycles. The van der Waals surface area contributed by atoms with Gasteiger partial charge in [0.2, 0.25) is 0 Å². The molecule has 0 aromatic carbocycles. The standard InChI is InChI=1S/C10H18O7.CH4/c1-13-7-9(11)16-5-3-15-4-6-17-10(12)8-14-2;/h3-8H2,1-2H3;1H4. The van der Waals surface area contributed by atoms with Crippen molar-refractivity contribution < 1.29 is 33.3 Å². The van der Waals surface area contributed by atoms with Crippen LogP contribution in [-0.2, 0) is 33.3 Å². The van der Waals surface area contributed by atoms with E-state index in [0.717, 1.165) is 0 Å². The summed E-state index contributed by atoms with van der Waals surface area (Å²) in [4.78, 5) is 21.6. The molecule has 108 valence electrons. The molecule has 0 aliphatic rings. The highest BCUT2D eigenvalue weighted by Crippen LogP contribution is 1.84. The molecule has 0 aliphatic heterocycles. The van der Waals surface area contributed by atoms with E-state index in [0.29, 0.717) is 0 Å². The maximum Gasteiger partial charge on any atom is 0.332 e. The topological polar surface area (TPSA) is 80.3 Å². The number of carbonyl (C=O) groups is 2. The van der Waals surface area contributed by atoms with Crippen LogP contribution in [0.15, 0.2) is 0 Å². The molecular formula is C11H22O7. The van der Waals surface area contributed by atoms with Crippen LogP contribution in [0, 0.1) is 0 Å². The summed E-state index contributed by atoms with van der Waals surface area (Å²) in [5, 5.41) is 0. The first-order valence-corrected chi connectivity index (χ1v) is 5.07. The lowest BCUT2D eigenvalue weighted by Gasteiger charge is -2.06. The fourth-order valence-corrected chi connectivity index (χ4v) is 0.850. The van der Waals surface area contributed by atoms with Gasteiger partial charge in [-0.15, -0.1) is 0 Å². The minimum atomic E-state index is -0.442. The first-order chi connectivity index (χ1) is 8.20. The second-order valence-electron chi connectivity index (χ2n) is 2.92. The zero-order valence-electron chi connectivity index (χ0n) is 10.1. The van der Waals surface area contributed by atoms with Crippen LogP contribution in [0.1, 0.15) is 7.43 Å². The maximum atomic E-state index is 10.8. The van der Waals surface area contributed by atoms with Crippen LogP contribution in [-0.4, -0.2) is 65.8 Å². The Labute approximate surface area is 107 Å². The number of hydrogen-bond donors (Lipinski definition) is 0. The Bertz CT molecular complexity index is 195. The molecule has 0 aromatic heterocycles. The molecule has 0 unspecified atom stereocenters. The van der Waals surface area contributed by atoms with E-state index >= 15 is 0 Å². The van der Waals surface area contributed by atoms with Crippen LogP contribution in [0.25, 0.3) is 0 Å². The van der Waals surface area contributed by atoms with Crippen molar-refractivity contribution in [2.45, 2.75) is 7.43 Å². The number of esters is 2. The number of methoxy groups -OCH3 is 2. The molecule has 0 aromatic rings. The lowest BCUT2D eigenvalue weighted by Crippen LogP contribution is -2.17. The van der Waals surface area contributed by atoms with E-state index in [4.69, 9.17) is 14.2 Å². The molecule has 0 spiro atoms. The Hall–Kier alpha value is -1.18. The van der Waals surface area contributed by atoms with Gasteiger partial charge in [0.05, 0.1) is 13.2 Å². The van der Waals surface area contributed by atoms with Crippen LogP contribution >= 0.6 is 0 Å². The van der Waals surface area contributed by atoms with E-state index in [-0.39, 0.29) is 47.1 Å². The predicted molar refractivity (Wildman–Crippen MR) is 63.2 cm³/mol. The molecule has 0 radical (unpaired) electrons. The van der Waals surface area contributed by atoms with Crippen molar-refractivity contribution in [3.63, 3.8) is 0 Å². The molecule has 18 heavy (non-hydrogen) atoms. The minimum Gasteiger partial charge on any atom is -0.462 e. The summed E-state index contributed by atoms with van der Waals surface area (Å²) in [6.07, 6.45) is 0. The van der Waals surface area contributed by atoms with Crippen molar-refractivity contribution >= 4 is 11.9 Å². The summed E-state index contributed by atoms with van der Waals surface area (Å²) in [6.45, 7) is 0.639. The molecule has 7 heteroatoms. The number of ether oxygens (including phenoxy) is 5. The number of rotatable bonds is 10. The van der Waals surface area contributed by atoms with Crippen molar-refractivity contribution in [2.24, 2.45) is 0 Å². The van der Waals surface area contributed by atoms with E-state index in [9.17, 15) is 9.59 Å². The Morgan fingerprint density at radius 1 is 0.778 bits per heavy atom. The highest BCUT2D eigenvalue weighted by molar-refractivity contribution is 5.70. The molecular weight excluding hydrogens is 244 g/mol. The number of carbonyl (C=O) groups excluding carboxylic acids is 2. The zero-order chi connectivity index (χ0) is 12.9. The Kier molecular flexibility index (Phi) is 14.8. The molecule has 0 N–H and O–H groups in total. The van der Waals surface area contributed by atoms with Gasteiger partial charge in [0.25, 0.3) is 0 Å². The van der Waals surface area contributed by atoms with Crippen LogP contribution in [0.3, 0.4) is 0 Å². The van der Waals surface area contributed by atoms with Gasteiger partial charge in [-0.25, -0.2) is 9.59 Å². The summed E-state index contributed by atoms with van der Waals surface area (Å²) in [5.41, 5.74) is 0. The molecule has 7 nitrogen and oxygen atoms in total. The van der Waals surface area contributed by atoms with Crippen molar-refractivity contribution in [1.82, 2.24) is 0 Å². The SMILES string of the molecule is C.COCC(=O)OCCOCCOC(=O)COC. The molecule has 0 aliphatic carbocycles. The van der Waals surface area contributed by atoms with Crippen LogP contribution < -0.4 is 0 Å². The van der Waals surface area contributed by atoms with E-state index in [1.165, 1.54) is 14.2 Å². The second kappa shape index (κ2) is 13.9. The number of hydrogen-bond acceptors (Lipinski definition) is 7. The average Bonchev–Trinajstić information content (AvgIpc) is 2.28. The van der Waals surface area contributed by atoms with Crippen molar-refractivity contribution in [3.8, 4) is 0 Å². The molecule has 0 amide bonds. The monoisotopic (exact) mass is 266 g/mol. The summed E-state index contributed by atoms with van der Waals surface area (Å²) in [7, 11) is 2.82. The van der Waals surface area contributed by atoms with Gasteiger partial charge in [-0.3, -0.25) is 0 Å². The Morgan fingerprint density at radius 2 is 1.17 bits per heavy atom. The highest BCUT2D eigenvalue weighted by atomic mass is 16.6. The maximum absolute atomic E-state index is 10.8. The van der Waals surface area contributed by atoms with Crippen molar-refractivity contribution in [1.29, 1.82) is 0 Å². The highest BCUT2D eigenvalue weighted by Gasteiger charge is 2.02. The third-order valence-corrected chi connectivity index (χ3v) is 1.51. The largest absolute Gasteiger partial charge is 0.462 e. The Morgan fingerprint density at radius 3 is 1.50 bits per heavy atom. The lowest BCUT2D eigenvalue weighted by molar-refractivity contribution is -0.151. The molecule has 0 fully saturated rings. The summed E-state index contributed by atoms with van der Waals surface area (Å²) >= 11 is 0. The van der Waals surface area contributed by atoms with E-state index in [2.05, 4.69) is 9.47 Å². The summed E-state index contributed by atoms with van der Waals surface area (Å²) in [5.74, 6) is -0.884. The molecule has 0 bridgehead atoms. The Balaban J connectivity index is 0. The first kappa shape index (κ1) is 19.2. The van der Waals surface area contributed by atoms with Gasteiger partial charge in [0, 0.05) is 14.2 Å². The third kappa shape index (κ3) is 12.9. The quantitative estimate of drug-likeness (QED) is 0.407. The van der Waals surface area contributed by atoms with Gasteiger partial charge in [-0.1, -0.05) is 7.43 Å². The van der Waals surface area contributed by atoms with Gasteiger partial charge in [0.15, 0.2) is 0 Å². The average molecular weight is 266 g/mol. The van der Waals surface area contributed by atoms with Gasteiger partial charge < -0.3 is 23.7 Å². The lowest BCUT2D eigenvalue weighted by atomic mass is 10.6.